The van der Waals surface area contributed by atoms with Crippen LogP contribution in [0.5, 0.6) is 0 Å². The fourth-order valence-electron chi connectivity index (χ4n) is 2.07. The van der Waals surface area contributed by atoms with Crippen LogP contribution in [0.3, 0.4) is 0 Å². The summed E-state index contributed by atoms with van der Waals surface area (Å²) in [4.78, 5) is 27.2. The summed E-state index contributed by atoms with van der Waals surface area (Å²) in [7, 11) is 0. The Labute approximate surface area is 133 Å². The molecular weight excluding hydrogens is 300 g/mol. The molecule has 2 rings (SSSR count). The van der Waals surface area contributed by atoms with Crippen LogP contribution in [-0.4, -0.2) is 28.5 Å². The standard InChI is InChI=1S/C16H18N2O3S/c19-14(6-7-15-17-8-9-22-15)18-11-13(16(20)21)10-12-4-2-1-3-5-12/h1-5,8-9,13H,6-7,10-11H2,(H,18,19)(H,20,21). The van der Waals surface area contributed by atoms with Gasteiger partial charge in [0.15, 0.2) is 0 Å². The normalized spacial score (nSPS) is 11.8. The molecule has 116 valence electrons. The summed E-state index contributed by atoms with van der Waals surface area (Å²) >= 11 is 1.51. The quantitative estimate of drug-likeness (QED) is 0.781. The first kappa shape index (κ1) is 16.2. The zero-order chi connectivity index (χ0) is 15.8. The topological polar surface area (TPSA) is 79.3 Å². The molecule has 5 nitrogen and oxygen atoms in total. The molecule has 0 radical (unpaired) electrons. The maximum Gasteiger partial charge on any atom is 0.308 e. The van der Waals surface area contributed by atoms with E-state index in [-0.39, 0.29) is 12.5 Å². The number of benzene rings is 1. The van der Waals surface area contributed by atoms with Gasteiger partial charge in [0.1, 0.15) is 0 Å². The van der Waals surface area contributed by atoms with Gasteiger partial charge in [0.2, 0.25) is 5.91 Å². The Morgan fingerprint density at radius 3 is 2.68 bits per heavy atom. The van der Waals surface area contributed by atoms with E-state index in [2.05, 4.69) is 10.3 Å². The van der Waals surface area contributed by atoms with E-state index in [9.17, 15) is 14.7 Å². The SMILES string of the molecule is O=C(CCc1nccs1)NCC(Cc1ccccc1)C(=O)O. The molecule has 2 N–H and O–H groups in total. The molecule has 0 bridgehead atoms. The summed E-state index contributed by atoms with van der Waals surface area (Å²) in [6.45, 7) is 0.140. The first-order chi connectivity index (χ1) is 10.6. The average Bonchev–Trinajstić information content (AvgIpc) is 3.03. The molecule has 22 heavy (non-hydrogen) atoms. The van der Waals surface area contributed by atoms with Crippen LogP contribution in [0.2, 0.25) is 0 Å². The van der Waals surface area contributed by atoms with Crippen molar-refractivity contribution in [2.75, 3.05) is 6.54 Å². The molecule has 1 unspecified atom stereocenters. The van der Waals surface area contributed by atoms with Gasteiger partial charge < -0.3 is 10.4 Å². The molecule has 1 heterocycles. The molecule has 1 aromatic carbocycles. The van der Waals surface area contributed by atoms with Gasteiger partial charge in [-0.1, -0.05) is 30.3 Å². The Morgan fingerprint density at radius 2 is 2.05 bits per heavy atom. The number of aliphatic carboxylic acids is 1. The van der Waals surface area contributed by atoms with Gasteiger partial charge in [0.05, 0.1) is 10.9 Å². The summed E-state index contributed by atoms with van der Waals surface area (Å²) in [6.07, 6.45) is 3.02. The lowest BCUT2D eigenvalue weighted by atomic mass is 9.99. The Morgan fingerprint density at radius 1 is 1.27 bits per heavy atom. The highest BCUT2D eigenvalue weighted by Crippen LogP contribution is 2.09. The fraction of sp³-hybridized carbons (Fsp3) is 0.312. The molecule has 0 fully saturated rings. The zero-order valence-electron chi connectivity index (χ0n) is 12.1. The first-order valence-electron chi connectivity index (χ1n) is 7.07. The number of aryl methyl sites for hydroxylation is 1. The smallest absolute Gasteiger partial charge is 0.308 e. The molecule has 0 spiro atoms. The monoisotopic (exact) mass is 318 g/mol. The van der Waals surface area contributed by atoms with Crippen LogP contribution < -0.4 is 5.32 Å². The zero-order valence-corrected chi connectivity index (χ0v) is 12.9. The van der Waals surface area contributed by atoms with Crippen molar-refractivity contribution in [3.05, 3.63) is 52.5 Å². The van der Waals surface area contributed by atoms with Crippen LogP contribution >= 0.6 is 11.3 Å². The largest absolute Gasteiger partial charge is 0.481 e. The summed E-state index contributed by atoms with van der Waals surface area (Å²) in [6, 6.07) is 9.42. The maximum atomic E-state index is 11.8. The second kappa shape index (κ2) is 8.29. The van der Waals surface area contributed by atoms with Crippen molar-refractivity contribution in [3.8, 4) is 0 Å². The summed E-state index contributed by atoms with van der Waals surface area (Å²) < 4.78 is 0. The minimum Gasteiger partial charge on any atom is -0.481 e. The number of hydrogen-bond acceptors (Lipinski definition) is 4. The Bertz CT molecular complexity index is 599. The molecule has 0 aliphatic carbocycles. The molecule has 0 aliphatic heterocycles. The van der Waals surface area contributed by atoms with Crippen molar-refractivity contribution in [3.63, 3.8) is 0 Å². The van der Waals surface area contributed by atoms with Crippen molar-refractivity contribution < 1.29 is 14.7 Å². The molecule has 1 atom stereocenters. The highest BCUT2D eigenvalue weighted by molar-refractivity contribution is 7.09. The lowest BCUT2D eigenvalue weighted by molar-refractivity contribution is -0.141. The highest BCUT2D eigenvalue weighted by atomic mass is 32.1. The first-order valence-corrected chi connectivity index (χ1v) is 7.95. The highest BCUT2D eigenvalue weighted by Gasteiger charge is 2.18. The molecule has 1 aromatic heterocycles. The molecular formula is C16H18N2O3S. The number of amides is 1. The van der Waals surface area contributed by atoms with Gasteiger partial charge in [0.25, 0.3) is 0 Å². The van der Waals surface area contributed by atoms with Crippen LogP contribution in [0.15, 0.2) is 41.9 Å². The van der Waals surface area contributed by atoms with E-state index in [1.54, 1.807) is 6.20 Å². The van der Waals surface area contributed by atoms with Gasteiger partial charge in [-0.25, -0.2) is 4.98 Å². The minimum absolute atomic E-state index is 0.140. The lowest BCUT2D eigenvalue weighted by Crippen LogP contribution is -2.34. The van der Waals surface area contributed by atoms with E-state index in [4.69, 9.17) is 0 Å². The van der Waals surface area contributed by atoms with E-state index >= 15 is 0 Å². The number of rotatable bonds is 8. The van der Waals surface area contributed by atoms with E-state index < -0.39 is 11.9 Å². The molecule has 2 aromatic rings. The Hall–Kier alpha value is -2.21. The van der Waals surface area contributed by atoms with E-state index in [0.717, 1.165) is 10.6 Å². The third kappa shape index (κ3) is 5.29. The van der Waals surface area contributed by atoms with Gasteiger partial charge in [-0.2, -0.15) is 0 Å². The number of carbonyl (C=O) groups is 2. The number of carboxylic acid groups (broad SMARTS) is 1. The third-order valence-electron chi connectivity index (χ3n) is 3.27. The van der Waals surface area contributed by atoms with Crippen LogP contribution in [0.1, 0.15) is 17.0 Å². The Balaban J connectivity index is 1.78. The van der Waals surface area contributed by atoms with Crippen LogP contribution in [0.4, 0.5) is 0 Å². The predicted molar refractivity (Wildman–Crippen MR) is 84.7 cm³/mol. The molecule has 1 amide bonds. The van der Waals surface area contributed by atoms with Gasteiger partial charge in [-0.3, -0.25) is 9.59 Å². The number of aromatic nitrogens is 1. The number of thiazole rings is 1. The number of hydrogen-bond donors (Lipinski definition) is 2. The van der Waals surface area contributed by atoms with Crippen LogP contribution in [0, 0.1) is 5.92 Å². The van der Waals surface area contributed by atoms with Gasteiger partial charge >= 0.3 is 5.97 Å². The predicted octanol–water partition coefficient (Wildman–Crippen LogP) is 2.14. The van der Waals surface area contributed by atoms with Crippen molar-refractivity contribution >= 4 is 23.2 Å². The second-order valence-corrected chi connectivity index (χ2v) is 5.93. The molecule has 0 aliphatic rings. The fourth-order valence-corrected chi connectivity index (χ4v) is 2.69. The van der Waals surface area contributed by atoms with E-state index in [1.165, 1.54) is 11.3 Å². The summed E-state index contributed by atoms with van der Waals surface area (Å²) in [5, 5.41) is 14.8. The molecule has 0 saturated carbocycles. The number of carbonyl (C=O) groups excluding carboxylic acids is 1. The van der Waals surface area contributed by atoms with Crippen LogP contribution in [-0.2, 0) is 22.4 Å². The minimum atomic E-state index is -0.899. The molecule has 0 saturated heterocycles. The van der Waals surface area contributed by atoms with E-state index in [0.29, 0.717) is 19.3 Å². The summed E-state index contributed by atoms with van der Waals surface area (Å²) in [5.41, 5.74) is 0.951. The van der Waals surface area contributed by atoms with E-state index in [1.807, 2.05) is 35.7 Å². The van der Waals surface area contributed by atoms with Crippen molar-refractivity contribution in [1.29, 1.82) is 0 Å². The average molecular weight is 318 g/mol. The van der Waals surface area contributed by atoms with Crippen molar-refractivity contribution in [2.45, 2.75) is 19.3 Å². The van der Waals surface area contributed by atoms with Gasteiger partial charge in [-0.15, -0.1) is 11.3 Å². The lowest BCUT2D eigenvalue weighted by Gasteiger charge is -2.13. The second-order valence-electron chi connectivity index (χ2n) is 4.95. The Kier molecular flexibility index (Phi) is 6.09. The van der Waals surface area contributed by atoms with Crippen molar-refractivity contribution in [2.24, 2.45) is 5.92 Å². The number of nitrogens with zero attached hydrogens (tertiary/aromatic N) is 1. The summed E-state index contributed by atoms with van der Waals surface area (Å²) in [5.74, 6) is -1.66. The molecule has 6 heteroatoms. The van der Waals surface area contributed by atoms with Gasteiger partial charge in [-0.05, 0) is 12.0 Å². The maximum absolute atomic E-state index is 11.8. The number of carboxylic acids is 1. The van der Waals surface area contributed by atoms with Gasteiger partial charge in [0, 0.05) is 31.0 Å². The van der Waals surface area contributed by atoms with Crippen LogP contribution in [0.25, 0.3) is 0 Å². The third-order valence-corrected chi connectivity index (χ3v) is 4.11. The van der Waals surface area contributed by atoms with Crippen molar-refractivity contribution in [1.82, 2.24) is 10.3 Å². The number of nitrogens with one attached hydrogen (secondary N) is 1.